The molecule has 0 spiro atoms. The molecule has 0 radical (unpaired) electrons. The van der Waals surface area contributed by atoms with Crippen LogP contribution in [0.2, 0.25) is 0 Å². The van der Waals surface area contributed by atoms with Crippen LogP contribution in [0, 0.1) is 11.4 Å². The normalized spacial score (nSPS) is 17.9. The van der Waals surface area contributed by atoms with Gasteiger partial charge in [-0.05, 0) is 25.0 Å². The van der Waals surface area contributed by atoms with E-state index in [0.717, 1.165) is 0 Å². The zero-order chi connectivity index (χ0) is 22.4. The summed E-state index contributed by atoms with van der Waals surface area (Å²) in [6.45, 7) is 3.49. The highest BCUT2D eigenvalue weighted by atomic mass is 16.6. The Bertz CT molecular complexity index is 1010. The zero-order valence-corrected chi connectivity index (χ0v) is 17.2. The van der Waals surface area contributed by atoms with Crippen LogP contribution in [0.1, 0.15) is 37.0 Å². The minimum atomic E-state index is -0.669. The molecule has 0 aliphatic carbocycles. The number of nitrogens with zero attached hydrogens (tertiary/aromatic N) is 2. The summed E-state index contributed by atoms with van der Waals surface area (Å²) >= 11 is 0. The fourth-order valence-electron chi connectivity index (χ4n) is 2.90. The summed E-state index contributed by atoms with van der Waals surface area (Å²) in [6, 6.07) is 8.66. The van der Waals surface area contributed by atoms with Crippen molar-refractivity contribution in [3.63, 3.8) is 0 Å². The van der Waals surface area contributed by atoms with Crippen molar-refractivity contribution in [1.82, 2.24) is 9.97 Å². The van der Waals surface area contributed by atoms with Crippen molar-refractivity contribution in [1.29, 1.82) is 5.53 Å². The summed E-state index contributed by atoms with van der Waals surface area (Å²) < 4.78 is 11.1. The number of benzene rings is 1. The highest BCUT2D eigenvalue weighted by molar-refractivity contribution is 5.90. The molecule has 0 unspecified atom stereocenters. The van der Waals surface area contributed by atoms with Crippen LogP contribution in [0.4, 0.5) is 17.5 Å². The van der Waals surface area contributed by atoms with E-state index < -0.39 is 17.8 Å². The molecule has 2 atom stereocenters. The van der Waals surface area contributed by atoms with Gasteiger partial charge < -0.3 is 14.8 Å². The minimum Gasteiger partial charge on any atom is -0.459 e. The number of amides is 1. The molecule has 1 aromatic heterocycles. The highest BCUT2D eigenvalue weighted by Gasteiger charge is 2.28. The van der Waals surface area contributed by atoms with Gasteiger partial charge in [0, 0.05) is 5.92 Å². The van der Waals surface area contributed by atoms with E-state index in [0.29, 0.717) is 18.4 Å². The van der Waals surface area contributed by atoms with Crippen LogP contribution in [0.15, 0.2) is 40.2 Å². The first-order valence-corrected chi connectivity index (χ1v) is 9.84. The Morgan fingerprint density at radius 2 is 2.06 bits per heavy atom. The van der Waals surface area contributed by atoms with E-state index in [2.05, 4.69) is 25.7 Å². The fraction of sp³-hybridized carbons (Fsp3) is 0.400. The molecule has 2 aromatic rings. The first kappa shape index (κ1) is 22.1. The molecule has 11 nitrogen and oxygen atoms in total. The van der Waals surface area contributed by atoms with Gasteiger partial charge in [-0.25, -0.2) is 10.3 Å². The molecule has 0 saturated carbocycles. The van der Waals surface area contributed by atoms with Gasteiger partial charge >= 0.3 is 5.97 Å². The van der Waals surface area contributed by atoms with Crippen molar-refractivity contribution in [2.75, 3.05) is 17.2 Å². The third-order valence-corrected chi connectivity index (χ3v) is 4.59. The van der Waals surface area contributed by atoms with Gasteiger partial charge in [0.2, 0.25) is 11.9 Å². The van der Waals surface area contributed by atoms with Crippen LogP contribution < -0.4 is 16.2 Å². The van der Waals surface area contributed by atoms with E-state index in [1.165, 1.54) is 0 Å². The van der Waals surface area contributed by atoms with E-state index in [1.54, 1.807) is 38.1 Å². The molecule has 1 aromatic carbocycles. The third-order valence-electron chi connectivity index (χ3n) is 4.59. The lowest BCUT2D eigenvalue weighted by atomic mass is 10.2. The maximum absolute atomic E-state index is 12.2. The van der Waals surface area contributed by atoms with Crippen molar-refractivity contribution < 1.29 is 19.1 Å². The number of H-pyrrole nitrogens is 1. The number of hydrogen-bond donors (Lipinski definition) is 4. The van der Waals surface area contributed by atoms with Crippen molar-refractivity contribution in [2.45, 2.75) is 39.0 Å². The maximum atomic E-state index is 12.2. The van der Waals surface area contributed by atoms with Crippen LogP contribution in [0.25, 0.3) is 0 Å². The SMILES string of the molecule is CC(C)C(=O)Nc1nc(N[C@H]2CC[C@@H](COC(=O)c3ccccc3)O2)c(N=N)c(=O)[nH]1. The number of esters is 1. The molecule has 4 N–H and O–H groups in total. The predicted octanol–water partition coefficient (Wildman–Crippen LogP) is 2.80. The number of anilines is 2. The Labute approximate surface area is 178 Å². The second-order valence-electron chi connectivity index (χ2n) is 7.30. The Kier molecular flexibility index (Phi) is 7.08. The predicted molar refractivity (Wildman–Crippen MR) is 111 cm³/mol. The number of hydrogen-bond acceptors (Lipinski definition) is 9. The molecule has 1 amide bonds. The van der Waals surface area contributed by atoms with E-state index in [1.807, 2.05) is 6.07 Å². The van der Waals surface area contributed by atoms with Gasteiger partial charge in [-0.1, -0.05) is 32.0 Å². The number of aromatic amines is 1. The lowest BCUT2D eigenvalue weighted by Gasteiger charge is -2.17. The maximum Gasteiger partial charge on any atom is 0.338 e. The average molecular weight is 428 g/mol. The third kappa shape index (κ3) is 5.72. The van der Waals surface area contributed by atoms with Crippen LogP contribution >= 0.6 is 0 Å². The Balaban J connectivity index is 1.61. The number of aromatic nitrogens is 2. The van der Waals surface area contributed by atoms with Crippen molar-refractivity contribution in [2.24, 2.45) is 11.0 Å². The number of nitrogens with one attached hydrogen (secondary N) is 4. The summed E-state index contributed by atoms with van der Waals surface area (Å²) in [4.78, 5) is 42.7. The first-order valence-electron chi connectivity index (χ1n) is 9.84. The molecule has 11 heteroatoms. The van der Waals surface area contributed by atoms with Gasteiger partial charge in [-0.2, -0.15) is 4.98 Å². The topological polar surface area (TPSA) is 159 Å². The van der Waals surface area contributed by atoms with Gasteiger partial charge in [0.1, 0.15) is 12.8 Å². The molecule has 31 heavy (non-hydrogen) atoms. The lowest BCUT2D eigenvalue weighted by Crippen LogP contribution is -2.26. The summed E-state index contributed by atoms with van der Waals surface area (Å²) in [5.74, 6) is -1.09. The van der Waals surface area contributed by atoms with E-state index in [9.17, 15) is 14.4 Å². The molecular formula is C20H24N6O5. The molecular weight excluding hydrogens is 404 g/mol. The van der Waals surface area contributed by atoms with Crippen LogP contribution in [-0.4, -0.2) is 40.8 Å². The van der Waals surface area contributed by atoms with E-state index >= 15 is 0 Å². The summed E-state index contributed by atoms with van der Waals surface area (Å²) in [5, 5.41) is 8.67. The minimum absolute atomic E-state index is 0.0183. The summed E-state index contributed by atoms with van der Waals surface area (Å²) in [5.41, 5.74) is 6.81. The van der Waals surface area contributed by atoms with Crippen molar-refractivity contribution in [3.8, 4) is 0 Å². The Hall–Kier alpha value is -3.60. The Morgan fingerprint density at radius 3 is 2.74 bits per heavy atom. The molecule has 1 aliphatic heterocycles. The molecule has 1 fully saturated rings. The van der Waals surface area contributed by atoms with Gasteiger partial charge in [-0.3, -0.25) is 19.9 Å². The molecule has 0 bridgehead atoms. The second kappa shape index (κ2) is 9.94. The van der Waals surface area contributed by atoms with Gasteiger partial charge in [0.25, 0.3) is 5.56 Å². The molecule has 1 saturated heterocycles. The highest BCUT2D eigenvalue weighted by Crippen LogP contribution is 2.25. The standard InChI is InChI=1S/C20H24N6O5/c1-11(2)17(27)24-20-23-16(15(26-21)18(28)25-20)22-14-9-8-13(31-14)10-30-19(29)12-6-4-3-5-7-12/h3-7,11,13-14,21H,8-10H2,1-2H3,(H3,22,23,24,25,27,28)/t13-,14+/m0/s1. The van der Waals surface area contributed by atoms with Gasteiger partial charge in [-0.15, -0.1) is 5.11 Å². The van der Waals surface area contributed by atoms with Crippen molar-refractivity contribution in [3.05, 3.63) is 46.2 Å². The lowest BCUT2D eigenvalue weighted by molar-refractivity contribution is -0.118. The fourth-order valence-corrected chi connectivity index (χ4v) is 2.90. The first-order chi connectivity index (χ1) is 14.9. The van der Waals surface area contributed by atoms with Gasteiger partial charge in [0.05, 0.1) is 11.7 Å². The molecule has 1 aliphatic rings. The molecule has 2 heterocycles. The largest absolute Gasteiger partial charge is 0.459 e. The van der Waals surface area contributed by atoms with Gasteiger partial charge in [0.15, 0.2) is 11.5 Å². The van der Waals surface area contributed by atoms with E-state index in [-0.39, 0.29) is 42.0 Å². The number of ether oxygens (including phenoxy) is 2. The monoisotopic (exact) mass is 428 g/mol. The summed E-state index contributed by atoms with van der Waals surface area (Å²) in [7, 11) is 0. The second-order valence-corrected chi connectivity index (χ2v) is 7.30. The average Bonchev–Trinajstić information content (AvgIpc) is 3.19. The number of carbonyl (C=O) groups is 2. The van der Waals surface area contributed by atoms with Crippen LogP contribution in [0.5, 0.6) is 0 Å². The van der Waals surface area contributed by atoms with Crippen LogP contribution in [-0.2, 0) is 14.3 Å². The molecule has 3 rings (SSSR count). The van der Waals surface area contributed by atoms with Crippen LogP contribution in [0.3, 0.4) is 0 Å². The summed E-state index contributed by atoms with van der Waals surface area (Å²) in [6.07, 6.45) is 0.327. The quantitative estimate of drug-likeness (QED) is 0.371. The molecule has 164 valence electrons. The smallest absolute Gasteiger partial charge is 0.338 e. The number of carbonyl (C=O) groups excluding carboxylic acids is 2. The Morgan fingerprint density at radius 1 is 1.32 bits per heavy atom. The van der Waals surface area contributed by atoms with E-state index in [4.69, 9.17) is 15.0 Å². The zero-order valence-electron chi connectivity index (χ0n) is 17.2. The van der Waals surface area contributed by atoms with Crippen molar-refractivity contribution >= 4 is 29.3 Å². The number of rotatable bonds is 8.